The molecule has 5 rings (SSSR count). The Hall–Kier alpha value is -3.17. The molecule has 2 N–H and O–H groups in total. The number of anilines is 3. The fraction of sp³-hybridized carbons (Fsp3) is 0.531. The number of benzodiazepines with no additional fused rings is 1. The van der Waals surface area contributed by atoms with E-state index in [9.17, 15) is 10.1 Å². The Kier molecular flexibility index (Phi) is 8.14. The largest absolute Gasteiger partial charge is 0.384 e. The zero-order chi connectivity index (χ0) is 26.5. The molecule has 1 aliphatic heterocycles. The summed E-state index contributed by atoms with van der Waals surface area (Å²) in [4.78, 5) is 20.9. The third-order valence-electron chi connectivity index (χ3n) is 8.38. The van der Waals surface area contributed by atoms with Crippen LogP contribution in [-0.4, -0.2) is 36.3 Å². The van der Waals surface area contributed by atoms with Crippen molar-refractivity contribution in [3.63, 3.8) is 0 Å². The number of amides is 1. The lowest BCUT2D eigenvalue weighted by atomic mass is 9.82. The van der Waals surface area contributed by atoms with Gasteiger partial charge in [0.2, 0.25) is 0 Å². The lowest BCUT2D eigenvalue weighted by Gasteiger charge is -2.28. The first-order chi connectivity index (χ1) is 18.5. The fourth-order valence-electron chi connectivity index (χ4n) is 6.26. The minimum absolute atomic E-state index is 0.0722. The molecule has 0 bridgehead atoms. The molecule has 0 atom stereocenters. The van der Waals surface area contributed by atoms with Crippen molar-refractivity contribution in [1.29, 1.82) is 5.26 Å². The summed E-state index contributed by atoms with van der Waals surface area (Å²) in [5.41, 5.74) is 4.24. The average molecular weight is 512 g/mol. The zero-order valence-corrected chi connectivity index (χ0v) is 22.9. The van der Waals surface area contributed by atoms with Crippen LogP contribution in [0.3, 0.4) is 0 Å². The van der Waals surface area contributed by atoms with E-state index in [0.29, 0.717) is 17.5 Å². The van der Waals surface area contributed by atoms with Gasteiger partial charge in [-0.3, -0.25) is 14.7 Å². The number of carbonyl (C=O) groups excluding carboxylic acids is 1. The fourth-order valence-corrected chi connectivity index (χ4v) is 6.26. The number of fused-ring (bicyclic) bond motifs is 1. The molecule has 6 heteroatoms. The number of carbonyl (C=O) groups is 1. The molecule has 0 aromatic heterocycles. The van der Waals surface area contributed by atoms with Gasteiger partial charge in [-0.25, -0.2) is 0 Å². The standard InChI is InChI=1S/C32H41N5O/c1-32(2)31(38)37(27-16-14-26(15-17-27)35-20-19-34-25-11-7-4-8-12-25)29-21-23(22-33)13-18-28(29)30(36-32)24-9-5-3-6-10-24/h13-18,21,24-25,34-35H,3-12,19-20H2,1-2H3. The van der Waals surface area contributed by atoms with Crippen LogP contribution < -0.4 is 15.5 Å². The number of hydrogen-bond donors (Lipinski definition) is 2. The highest BCUT2D eigenvalue weighted by molar-refractivity contribution is 6.17. The van der Waals surface area contributed by atoms with Crippen molar-refractivity contribution in [1.82, 2.24) is 5.32 Å². The van der Waals surface area contributed by atoms with Gasteiger partial charge >= 0.3 is 0 Å². The number of nitrogens with one attached hydrogen (secondary N) is 2. The lowest BCUT2D eigenvalue weighted by Crippen LogP contribution is -2.41. The Bertz CT molecular complexity index is 1200. The van der Waals surface area contributed by atoms with Crippen LogP contribution in [-0.2, 0) is 4.79 Å². The van der Waals surface area contributed by atoms with Gasteiger partial charge in [0.25, 0.3) is 5.91 Å². The maximum atomic E-state index is 14.0. The van der Waals surface area contributed by atoms with Crippen LogP contribution in [0.25, 0.3) is 0 Å². The van der Waals surface area contributed by atoms with Gasteiger partial charge < -0.3 is 10.6 Å². The first-order valence-corrected chi connectivity index (χ1v) is 14.5. The van der Waals surface area contributed by atoms with Crippen molar-refractivity contribution in [2.45, 2.75) is 89.6 Å². The van der Waals surface area contributed by atoms with Crippen molar-refractivity contribution in [2.75, 3.05) is 23.3 Å². The number of nitrogens with zero attached hydrogens (tertiary/aromatic N) is 3. The summed E-state index contributed by atoms with van der Waals surface area (Å²) in [5, 5.41) is 16.9. The second-order valence-electron chi connectivity index (χ2n) is 11.6. The molecule has 200 valence electrons. The number of hydrogen-bond acceptors (Lipinski definition) is 5. The lowest BCUT2D eigenvalue weighted by molar-refractivity contribution is -0.121. The van der Waals surface area contributed by atoms with E-state index in [1.165, 1.54) is 51.4 Å². The third kappa shape index (κ3) is 5.78. The first kappa shape index (κ1) is 26.4. The maximum Gasteiger partial charge on any atom is 0.258 e. The van der Waals surface area contributed by atoms with Crippen molar-refractivity contribution in [3.05, 3.63) is 53.6 Å². The van der Waals surface area contributed by atoms with Crippen LogP contribution in [0.5, 0.6) is 0 Å². The van der Waals surface area contributed by atoms with Crippen molar-refractivity contribution in [2.24, 2.45) is 10.9 Å². The zero-order valence-electron chi connectivity index (χ0n) is 22.9. The summed E-state index contributed by atoms with van der Waals surface area (Å²) in [6.45, 7) is 5.63. The van der Waals surface area contributed by atoms with E-state index in [1.54, 1.807) is 4.90 Å². The summed E-state index contributed by atoms with van der Waals surface area (Å²) in [6.07, 6.45) is 12.5. The molecule has 0 saturated heterocycles. The van der Waals surface area contributed by atoms with Gasteiger partial charge in [-0.15, -0.1) is 0 Å². The van der Waals surface area contributed by atoms with Crippen molar-refractivity contribution in [3.8, 4) is 6.07 Å². The minimum Gasteiger partial charge on any atom is -0.384 e. The van der Waals surface area contributed by atoms with Crippen LogP contribution >= 0.6 is 0 Å². The Morgan fingerprint density at radius 3 is 2.32 bits per heavy atom. The molecule has 2 aromatic carbocycles. The highest BCUT2D eigenvalue weighted by Gasteiger charge is 2.40. The normalized spacial score (nSPS) is 20.3. The maximum absolute atomic E-state index is 14.0. The van der Waals surface area contributed by atoms with Gasteiger partial charge in [0, 0.05) is 47.7 Å². The quantitative estimate of drug-likeness (QED) is 0.405. The van der Waals surface area contributed by atoms with Crippen LogP contribution in [0.15, 0.2) is 47.5 Å². The van der Waals surface area contributed by atoms with Crippen LogP contribution in [0, 0.1) is 17.2 Å². The molecule has 1 amide bonds. The predicted octanol–water partition coefficient (Wildman–Crippen LogP) is 6.72. The van der Waals surface area contributed by atoms with Crippen LogP contribution in [0.1, 0.15) is 89.2 Å². The molecule has 0 spiro atoms. The Morgan fingerprint density at radius 2 is 1.63 bits per heavy atom. The Balaban J connectivity index is 1.39. The van der Waals surface area contributed by atoms with Gasteiger partial charge in [0.15, 0.2) is 0 Å². The van der Waals surface area contributed by atoms with E-state index in [0.717, 1.165) is 54.3 Å². The topological polar surface area (TPSA) is 80.5 Å². The van der Waals surface area contributed by atoms with Gasteiger partial charge in [0.1, 0.15) is 5.54 Å². The van der Waals surface area contributed by atoms with Gasteiger partial charge in [-0.05, 0) is 82.0 Å². The summed E-state index contributed by atoms with van der Waals surface area (Å²) in [5.74, 6) is 0.272. The molecule has 2 aromatic rings. The smallest absolute Gasteiger partial charge is 0.258 e. The van der Waals surface area contributed by atoms with Gasteiger partial charge in [0.05, 0.1) is 17.3 Å². The van der Waals surface area contributed by atoms with E-state index in [4.69, 9.17) is 4.99 Å². The Morgan fingerprint density at radius 1 is 0.947 bits per heavy atom. The van der Waals surface area contributed by atoms with Crippen molar-refractivity contribution >= 4 is 28.7 Å². The van der Waals surface area contributed by atoms with E-state index in [1.807, 2.05) is 56.3 Å². The highest BCUT2D eigenvalue weighted by Crippen LogP contribution is 2.40. The minimum atomic E-state index is -0.902. The van der Waals surface area contributed by atoms with Crippen LogP contribution in [0.2, 0.25) is 0 Å². The molecule has 1 heterocycles. The number of benzene rings is 2. The highest BCUT2D eigenvalue weighted by atomic mass is 16.2. The summed E-state index contributed by atoms with van der Waals surface area (Å²) < 4.78 is 0. The predicted molar refractivity (Wildman–Crippen MR) is 155 cm³/mol. The van der Waals surface area contributed by atoms with Gasteiger partial charge in [-0.1, -0.05) is 38.5 Å². The molecule has 6 nitrogen and oxygen atoms in total. The first-order valence-electron chi connectivity index (χ1n) is 14.5. The molecule has 2 aliphatic carbocycles. The third-order valence-corrected chi connectivity index (χ3v) is 8.38. The second kappa shape index (κ2) is 11.7. The number of rotatable bonds is 7. The van der Waals surface area contributed by atoms with E-state index < -0.39 is 5.54 Å². The Labute approximate surface area is 227 Å². The monoisotopic (exact) mass is 511 g/mol. The number of aliphatic imine (C=N–C) groups is 1. The van der Waals surface area contributed by atoms with Crippen LogP contribution in [0.4, 0.5) is 17.1 Å². The van der Waals surface area contributed by atoms with Crippen molar-refractivity contribution < 1.29 is 4.79 Å². The molecule has 0 unspecified atom stereocenters. The van der Waals surface area contributed by atoms with E-state index in [2.05, 4.69) is 16.7 Å². The molecule has 0 radical (unpaired) electrons. The number of nitriles is 1. The molecular weight excluding hydrogens is 470 g/mol. The molecule has 2 fully saturated rings. The van der Waals surface area contributed by atoms with E-state index in [-0.39, 0.29) is 5.91 Å². The molecular formula is C32H41N5O. The SMILES string of the molecule is CC1(C)N=C(C2CCCCC2)c2ccc(C#N)cc2N(c2ccc(NCCNC3CCCCC3)cc2)C1=O. The molecule has 2 saturated carbocycles. The average Bonchev–Trinajstić information content (AvgIpc) is 3.04. The summed E-state index contributed by atoms with van der Waals surface area (Å²) in [6, 6.07) is 16.7. The molecule has 38 heavy (non-hydrogen) atoms. The summed E-state index contributed by atoms with van der Waals surface area (Å²) >= 11 is 0. The summed E-state index contributed by atoms with van der Waals surface area (Å²) in [7, 11) is 0. The van der Waals surface area contributed by atoms with E-state index >= 15 is 0 Å². The second-order valence-corrected chi connectivity index (χ2v) is 11.6. The molecule has 3 aliphatic rings. The van der Waals surface area contributed by atoms with Gasteiger partial charge in [-0.2, -0.15) is 5.26 Å².